The zero-order valence-corrected chi connectivity index (χ0v) is 13.6. The molecule has 0 unspecified atom stereocenters. The van der Waals surface area contributed by atoms with Gasteiger partial charge in [-0.25, -0.2) is 0 Å². The van der Waals surface area contributed by atoms with Crippen molar-refractivity contribution < 1.29 is 4.74 Å². The third kappa shape index (κ3) is 3.13. The first-order valence-electron chi connectivity index (χ1n) is 8.71. The average molecular weight is 312 g/mol. The van der Waals surface area contributed by atoms with Crippen molar-refractivity contribution in [3.8, 4) is 5.75 Å². The van der Waals surface area contributed by atoms with Crippen LogP contribution in [0.2, 0.25) is 0 Å². The second-order valence-electron chi connectivity index (χ2n) is 7.00. The van der Waals surface area contributed by atoms with Crippen molar-refractivity contribution >= 4 is 10.8 Å². The minimum absolute atomic E-state index is 0.0438. The fraction of sp³-hybridized carbons (Fsp3) is 0.526. The molecule has 0 aliphatic heterocycles. The van der Waals surface area contributed by atoms with Gasteiger partial charge in [-0.3, -0.25) is 4.79 Å². The van der Waals surface area contributed by atoms with Crippen molar-refractivity contribution in [1.82, 2.24) is 9.88 Å². The number of nitrogens with zero attached hydrogens (tertiary/aromatic N) is 1. The van der Waals surface area contributed by atoms with E-state index in [4.69, 9.17) is 4.74 Å². The Hall–Kier alpha value is -1.81. The van der Waals surface area contributed by atoms with Crippen LogP contribution in [0.4, 0.5) is 0 Å². The van der Waals surface area contributed by atoms with Gasteiger partial charge in [0.2, 0.25) is 0 Å². The average Bonchev–Trinajstić information content (AvgIpc) is 3.40. The monoisotopic (exact) mass is 312 g/mol. The molecule has 1 aromatic carbocycles. The molecule has 4 nitrogen and oxygen atoms in total. The zero-order chi connectivity index (χ0) is 15.8. The molecule has 2 aliphatic rings. The van der Waals surface area contributed by atoms with Crippen LogP contribution in [-0.2, 0) is 0 Å². The van der Waals surface area contributed by atoms with E-state index in [-0.39, 0.29) is 5.56 Å². The predicted molar refractivity (Wildman–Crippen MR) is 92.0 cm³/mol. The van der Waals surface area contributed by atoms with Crippen LogP contribution in [0.1, 0.15) is 38.5 Å². The Balaban J connectivity index is 1.40. The summed E-state index contributed by atoms with van der Waals surface area (Å²) < 4.78 is 6.18. The van der Waals surface area contributed by atoms with E-state index in [0.29, 0.717) is 6.10 Å². The molecule has 0 atom stereocenters. The highest BCUT2D eigenvalue weighted by Crippen LogP contribution is 2.33. The summed E-state index contributed by atoms with van der Waals surface area (Å²) in [6.45, 7) is 0. The summed E-state index contributed by atoms with van der Waals surface area (Å²) in [6, 6.07) is 9.25. The topological polar surface area (TPSA) is 45.3 Å². The molecule has 0 spiro atoms. The summed E-state index contributed by atoms with van der Waals surface area (Å²) in [5.41, 5.74) is -0.0438. The molecule has 1 aromatic heterocycles. The molecule has 122 valence electrons. The molecule has 23 heavy (non-hydrogen) atoms. The molecule has 1 N–H and O–H groups in total. The van der Waals surface area contributed by atoms with Crippen LogP contribution >= 0.6 is 0 Å². The number of fused-ring (bicyclic) bond motifs is 1. The van der Waals surface area contributed by atoms with Gasteiger partial charge in [0, 0.05) is 23.7 Å². The lowest BCUT2D eigenvalue weighted by Gasteiger charge is -2.34. The van der Waals surface area contributed by atoms with E-state index in [9.17, 15) is 4.79 Å². The molecule has 1 heterocycles. The van der Waals surface area contributed by atoms with Gasteiger partial charge in [0.25, 0.3) is 5.56 Å². The Bertz CT molecular complexity index is 742. The number of benzene rings is 1. The smallest absolute Gasteiger partial charge is 0.255 e. The number of rotatable bonds is 4. The summed E-state index contributed by atoms with van der Waals surface area (Å²) in [5, 5.41) is 1.66. The van der Waals surface area contributed by atoms with Crippen LogP contribution in [-0.4, -0.2) is 35.1 Å². The summed E-state index contributed by atoms with van der Waals surface area (Å²) in [5.74, 6) is 0.877. The van der Waals surface area contributed by atoms with Crippen LogP contribution in [0.3, 0.4) is 0 Å². The number of aromatic amines is 1. The molecule has 2 fully saturated rings. The molecule has 0 radical (unpaired) electrons. The normalized spacial score (nSPS) is 25.0. The van der Waals surface area contributed by atoms with Gasteiger partial charge in [-0.1, -0.05) is 0 Å². The first-order chi connectivity index (χ1) is 11.2. The van der Waals surface area contributed by atoms with Crippen LogP contribution < -0.4 is 10.3 Å². The molecule has 2 saturated carbocycles. The van der Waals surface area contributed by atoms with E-state index in [1.54, 1.807) is 6.20 Å². The number of H-pyrrole nitrogens is 1. The van der Waals surface area contributed by atoms with Crippen LogP contribution in [0, 0.1) is 0 Å². The van der Waals surface area contributed by atoms with Gasteiger partial charge in [-0.15, -0.1) is 0 Å². The molecular weight excluding hydrogens is 288 g/mol. The SMILES string of the molecule is CN(C1CCC(Oc2ccc3c(=O)[nH]ccc3c2)CC1)C1CC1. The van der Waals surface area contributed by atoms with E-state index in [1.807, 2.05) is 24.3 Å². The van der Waals surface area contributed by atoms with Crippen molar-refractivity contribution in [2.24, 2.45) is 0 Å². The van der Waals surface area contributed by atoms with Crippen molar-refractivity contribution in [2.45, 2.75) is 56.7 Å². The van der Waals surface area contributed by atoms with E-state index < -0.39 is 0 Å². The Morgan fingerprint density at radius 1 is 1.04 bits per heavy atom. The molecule has 4 rings (SSSR count). The van der Waals surface area contributed by atoms with Crippen molar-refractivity contribution in [3.63, 3.8) is 0 Å². The van der Waals surface area contributed by atoms with Crippen molar-refractivity contribution in [2.75, 3.05) is 7.05 Å². The van der Waals surface area contributed by atoms with Gasteiger partial charge in [0.15, 0.2) is 0 Å². The van der Waals surface area contributed by atoms with Crippen LogP contribution in [0.25, 0.3) is 10.8 Å². The maximum atomic E-state index is 11.7. The number of nitrogens with one attached hydrogen (secondary N) is 1. The minimum Gasteiger partial charge on any atom is -0.490 e. The highest BCUT2D eigenvalue weighted by molar-refractivity contribution is 5.82. The Morgan fingerprint density at radius 3 is 2.43 bits per heavy atom. The second kappa shape index (κ2) is 6.00. The summed E-state index contributed by atoms with van der Waals surface area (Å²) >= 11 is 0. The number of ether oxygens (including phenoxy) is 1. The van der Waals surface area contributed by atoms with Crippen molar-refractivity contribution in [3.05, 3.63) is 40.8 Å². The van der Waals surface area contributed by atoms with Gasteiger partial charge in [-0.2, -0.15) is 0 Å². The maximum absolute atomic E-state index is 11.7. The highest BCUT2D eigenvalue weighted by atomic mass is 16.5. The lowest BCUT2D eigenvalue weighted by atomic mass is 9.92. The number of hydrogen-bond acceptors (Lipinski definition) is 3. The largest absolute Gasteiger partial charge is 0.490 e. The number of hydrogen-bond donors (Lipinski definition) is 1. The highest BCUT2D eigenvalue weighted by Gasteiger charge is 2.33. The molecule has 0 saturated heterocycles. The number of aromatic nitrogens is 1. The first-order valence-corrected chi connectivity index (χ1v) is 8.71. The van der Waals surface area contributed by atoms with Gasteiger partial charge in [-0.05, 0) is 75.2 Å². The standard InChI is InChI=1S/C19H24N2O2/c1-21(14-2-3-14)15-4-6-16(7-5-15)23-17-8-9-18-13(12-17)10-11-20-19(18)22/h8-12,14-16H,2-7H2,1H3,(H,20,22). The van der Waals surface area contributed by atoms with Gasteiger partial charge < -0.3 is 14.6 Å². The second-order valence-corrected chi connectivity index (χ2v) is 7.00. The molecule has 2 aromatic rings. The minimum atomic E-state index is -0.0438. The van der Waals surface area contributed by atoms with Crippen molar-refractivity contribution in [1.29, 1.82) is 0 Å². The Morgan fingerprint density at radius 2 is 1.74 bits per heavy atom. The first kappa shape index (κ1) is 14.8. The van der Waals surface area contributed by atoms with E-state index in [0.717, 1.165) is 41.4 Å². The third-order valence-electron chi connectivity index (χ3n) is 5.39. The van der Waals surface area contributed by atoms with Gasteiger partial charge >= 0.3 is 0 Å². The molecule has 2 aliphatic carbocycles. The molecule has 0 bridgehead atoms. The summed E-state index contributed by atoms with van der Waals surface area (Å²) in [7, 11) is 2.28. The quantitative estimate of drug-likeness (QED) is 0.942. The maximum Gasteiger partial charge on any atom is 0.255 e. The zero-order valence-electron chi connectivity index (χ0n) is 13.6. The Kier molecular flexibility index (Phi) is 3.85. The fourth-order valence-electron chi connectivity index (χ4n) is 3.79. The number of pyridine rings is 1. The molecule has 0 amide bonds. The van der Waals surface area contributed by atoms with Gasteiger partial charge in [0.05, 0.1) is 6.10 Å². The molecule has 4 heteroatoms. The van der Waals surface area contributed by atoms with E-state index >= 15 is 0 Å². The third-order valence-corrected chi connectivity index (χ3v) is 5.39. The lowest BCUT2D eigenvalue weighted by Crippen LogP contribution is -2.38. The predicted octanol–water partition coefficient (Wildman–Crippen LogP) is 3.31. The summed E-state index contributed by atoms with van der Waals surface area (Å²) in [4.78, 5) is 17.0. The fourth-order valence-corrected chi connectivity index (χ4v) is 3.79. The van der Waals surface area contributed by atoms with E-state index in [1.165, 1.54) is 25.7 Å². The molecular formula is C19H24N2O2. The lowest BCUT2D eigenvalue weighted by molar-refractivity contribution is 0.0976. The van der Waals surface area contributed by atoms with Crippen LogP contribution in [0.15, 0.2) is 35.3 Å². The van der Waals surface area contributed by atoms with Crippen LogP contribution in [0.5, 0.6) is 5.75 Å². The van der Waals surface area contributed by atoms with E-state index in [2.05, 4.69) is 16.9 Å². The Labute approximate surface area is 136 Å². The summed E-state index contributed by atoms with van der Waals surface area (Å²) in [6.07, 6.45) is 9.44. The van der Waals surface area contributed by atoms with Gasteiger partial charge in [0.1, 0.15) is 5.75 Å².